The predicted molar refractivity (Wildman–Crippen MR) is 75.3 cm³/mol. The standard InChI is InChI=1S/C15H13BrFN/c16-13-6-5-11(9-14(13)17)10-18-8-7-12-3-1-2-4-15(12)18/h1-6,9H,7-8,10H2. The molecule has 0 aromatic heterocycles. The molecule has 0 aliphatic carbocycles. The van der Waals surface area contributed by atoms with Crippen molar-refractivity contribution < 1.29 is 4.39 Å². The fourth-order valence-electron chi connectivity index (χ4n) is 2.43. The van der Waals surface area contributed by atoms with Gasteiger partial charge in [-0.25, -0.2) is 4.39 Å². The van der Waals surface area contributed by atoms with Gasteiger partial charge in [0.2, 0.25) is 0 Å². The molecule has 0 saturated carbocycles. The van der Waals surface area contributed by atoms with Crippen molar-refractivity contribution in [1.29, 1.82) is 0 Å². The number of halogens is 2. The van der Waals surface area contributed by atoms with E-state index in [4.69, 9.17) is 0 Å². The van der Waals surface area contributed by atoms with Crippen LogP contribution in [0.2, 0.25) is 0 Å². The molecule has 1 aliphatic heterocycles. The second-order valence-corrected chi connectivity index (χ2v) is 5.40. The van der Waals surface area contributed by atoms with Crippen LogP contribution in [0, 0.1) is 5.82 Å². The lowest BCUT2D eigenvalue weighted by Crippen LogP contribution is -2.19. The van der Waals surface area contributed by atoms with Gasteiger partial charge in [0.25, 0.3) is 0 Å². The van der Waals surface area contributed by atoms with Crippen LogP contribution in [-0.4, -0.2) is 6.54 Å². The van der Waals surface area contributed by atoms with E-state index >= 15 is 0 Å². The highest BCUT2D eigenvalue weighted by atomic mass is 79.9. The predicted octanol–water partition coefficient (Wildman–Crippen LogP) is 4.15. The molecule has 3 rings (SSSR count). The maximum absolute atomic E-state index is 13.5. The Morgan fingerprint density at radius 2 is 2.00 bits per heavy atom. The Bertz CT molecular complexity index is 582. The largest absolute Gasteiger partial charge is 0.367 e. The van der Waals surface area contributed by atoms with Crippen LogP contribution in [0.4, 0.5) is 10.1 Å². The van der Waals surface area contributed by atoms with Crippen molar-refractivity contribution in [2.24, 2.45) is 0 Å². The zero-order valence-electron chi connectivity index (χ0n) is 9.87. The number of anilines is 1. The van der Waals surface area contributed by atoms with Gasteiger partial charge in [0, 0.05) is 18.8 Å². The lowest BCUT2D eigenvalue weighted by atomic mass is 10.1. The maximum atomic E-state index is 13.5. The van der Waals surface area contributed by atoms with Crippen molar-refractivity contribution in [1.82, 2.24) is 0 Å². The van der Waals surface area contributed by atoms with Gasteiger partial charge in [-0.05, 0) is 51.7 Å². The summed E-state index contributed by atoms with van der Waals surface area (Å²) in [6.45, 7) is 1.78. The minimum absolute atomic E-state index is 0.194. The van der Waals surface area contributed by atoms with Crippen LogP contribution in [0.25, 0.3) is 0 Å². The summed E-state index contributed by atoms with van der Waals surface area (Å²) in [7, 11) is 0. The Morgan fingerprint density at radius 3 is 2.83 bits per heavy atom. The molecule has 18 heavy (non-hydrogen) atoms. The average Bonchev–Trinajstić information content (AvgIpc) is 2.78. The molecule has 0 amide bonds. The van der Waals surface area contributed by atoms with Crippen molar-refractivity contribution in [3.63, 3.8) is 0 Å². The number of hydrogen-bond acceptors (Lipinski definition) is 1. The van der Waals surface area contributed by atoms with E-state index in [0.717, 1.165) is 25.1 Å². The number of rotatable bonds is 2. The lowest BCUT2D eigenvalue weighted by molar-refractivity contribution is 0.618. The van der Waals surface area contributed by atoms with E-state index in [1.54, 1.807) is 12.1 Å². The van der Waals surface area contributed by atoms with Crippen molar-refractivity contribution >= 4 is 21.6 Å². The molecule has 0 fully saturated rings. The summed E-state index contributed by atoms with van der Waals surface area (Å²) < 4.78 is 14.0. The summed E-state index contributed by atoms with van der Waals surface area (Å²) in [6.07, 6.45) is 1.08. The Kier molecular flexibility index (Phi) is 3.08. The first kappa shape index (κ1) is 11.7. The molecule has 3 heteroatoms. The minimum atomic E-state index is -0.194. The van der Waals surface area contributed by atoms with E-state index in [-0.39, 0.29) is 5.82 Å². The second kappa shape index (κ2) is 4.73. The van der Waals surface area contributed by atoms with Gasteiger partial charge in [0.15, 0.2) is 0 Å². The first-order valence-electron chi connectivity index (χ1n) is 6.01. The molecule has 2 aromatic carbocycles. The SMILES string of the molecule is Fc1cc(CN2CCc3ccccc32)ccc1Br. The number of para-hydroxylation sites is 1. The third-order valence-electron chi connectivity index (χ3n) is 3.34. The van der Waals surface area contributed by atoms with Gasteiger partial charge >= 0.3 is 0 Å². The molecule has 92 valence electrons. The molecular formula is C15H13BrFN. The highest BCUT2D eigenvalue weighted by Crippen LogP contribution is 2.29. The summed E-state index contributed by atoms with van der Waals surface area (Å²) in [6, 6.07) is 13.8. The van der Waals surface area contributed by atoms with E-state index < -0.39 is 0 Å². The number of benzene rings is 2. The third kappa shape index (κ3) is 2.15. The topological polar surface area (TPSA) is 3.24 Å². The van der Waals surface area contributed by atoms with E-state index in [1.807, 2.05) is 6.07 Å². The van der Waals surface area contributed by atoms with Crippen molar-refractivity contribution in [2.45, 2.75) is 13.0 Å². The van der Waals surface area contributed by atoms with Crippen LogP contribution in [-0.2, 0) is 13.0 Å². The summed E-state index contributed by atoms with van der Waals surface area (Å²) in [4.78, 5) is 2.30. The summed E-state index contributed by atoms with van der Waals surface area (Å²) in [5.74, 6) is -0.194. The van der Waals surface area contributed by atoms with E-state index in [1.165, 1.54) is 11.3 Å². The van der Waals surface area contributed by atoms with Gasteiger partial charge in [-0.15, -0.1) is 0 Å². The van der Waals surface area contributed by atoms with Gasteiger partial charge in [0.05, 0.1) is 4.47 Å². The van der Waals surface area contributed by atoms with Gasteiger partial charge in [-0.3, -0.25) is 0 Å². The van der Waals surface area contributed by atoms with E-state index in [9.17, 15) is 4.39 Å². The highest BCUT2D eigenvalue weighted by molar-refractivity contribution is 9.10. The zero-order valence-corrected chi connectivity index (χ0v) is 11.5. The fourth-order valence-corrected chi connectivity index (χ4v) is 2.68. The van der Waals surface area contributed by atoms with E-state index in [2.05, 4.69) is 45.1 Å². The molecule has 2 aromatic rings. The molecule has 0 N–H and O–H groups in total. The lowest BCUT2D eigenvalue weighted by Gasteiger charge is -2.19. The van der Waals surface area contributed by atoms with Crippen LogP contribution in [0.3, 0.4) is 0 Å². The van der Waals surface area contributed by atoms with Crippen molar-refractivity contribution in [3.05, 3.63) is 63.9 Å². The number of fused-ring (bicyclic) bond motifs is 1. The molecule has 0 atom stereocenters. The molecule has 1 nitrogen and oxygen atoms in total. The van der Waals surface area contributed by atoms with Crippen LogP contribution in [0.1, 0.15) is 11.1 Å². The molecule has 0 spiro atoms. The second-order valence-electron chi connectivity index (χ2n) is 4.55. The van der Waals surface area contributed by atoms with Gasteiger partial charge < -0.3 is 4.90 Å². The quantitative estimate of drug-likeness (QED) is 0.805. The summed E-state index contributed by atoms with van der Waals surface area (Å²) in [5, 5.41) is 0. The van der Waals surface area contributed by atoms with Crippen LogP contribution < -0.4 is 4.90 Å². The molecule has 0 radical (unpaired) electrons. The normalized spacial score (nSPS) is 13.8. The summed E-state index contributed by atoms with van der Waals surface area (Å²) >= 11 is 3.18. The zero-order chi connectivity index (χ0) is 12.5. The Labute approximate surface area is 114 Å². The first-order valence-corrected chi connectivity index (χ1v) is 6.80. The molecule has 0 bridgehead atoms. The third-order valence-corrected chi connectivity index (χ3v) is 3.98. The van der Waals surface area contributed by atoms with Crippen molar-refractivity contribution in [2.75, 3.05) is 11.4 Å². The van der Waals surface area contributed by atoms with Gasteiger partial charge in [-0.1, -0.05) is 24.3 Å². The first-order chi connectivity index (χ1) is 8.74. The smallest absolute Gasteiger partial charge is 0.137 e. The van der Waals surface area contributed by atoms with Crippen LogP contribution in [0.5, 0.6) is 0 Å². The van der Waals surface area contributed by atoms with Gasteiger partial charge in [-0.2, -0.15) is 0 Å². The molecule has 0 saturated heterocycles. The Morgan fingerprint density at radius 1 is 1.17 bits per heavy atom. The monoisotopic (exact) mass is 305 g/mol. The Hall–Kier alpha value is -1.35. The molecular weight excluding hydrogens is 293 g/mol. The maximum Gasteiger partial charge on any atom is 0.137 e. The molecule has 1 aliphatic rings. The fraction of sp³-hybridized carbons (Fsp3) is 0.200. The average molecular weight is 306 g/mol. The van der Waals surface area contributed by atoms with Crippen LogP contribution >= 0.6 is 15.9 Å². The minimum Gasteiger partial charge on any atom is -0.367 e. The van der Waals surface area contributed by atoms with Crippen molar-refractivity contribution in [3.8, 4) is 0 Å². The molecule has 0 unspecified atom stereocenters. The van der Waals surface area contributed by atoms with Crippen LogP contribution in [0.15, 0.2) is 46.9 Å². The van der Waals surface area contributed by atoms with Gasteiger partial charge in [0.1, 0.15) is 5.82 Å². The Balaban J connectivity index is 1.84. The number of nitrogens with zero attached hydrogens (tertiary/aromatic N) is 1. The van der Waals surface area contributed by atoms with E-state index in [0.29, 0.717) is 4.47 Å². The molecule has 1 heterocycles. The number of hydrogen-bond donors (Lipinski definition) is 0. The highest BCUT2D eigenvalue weighted by Gasteiger charge is 2.18. The summed E-state index contributed by atoms with van der Waals surface area (Å²) in [5.41, 5.74) is 3.67.